The fraction of sp³-hybridized carbons (Fsp3) is 0.500. The van der Waals surface area contributed by atoms with Crippen molar-refractivity contribution in [1.29, 1.82) is 0 Å². The van der Waals surface area contributed by atoms with Crippen LogP contribution in [-0.2, 0) is 9.59 Å². The molecule has 3 rings (SSSR count). The second kappa shape index (κ2) is 7.30. The van der Waals surface area contributed by atoms with Crippen molar-refractivity contribution >= 4 is 11.7 Å². The van der Waals surface area contributed by atoms with E-state index >= 15 is 0 Å². The summed E-state index contributed by atoms with van der Waals surface area (Å²) in [5.74, 6) is 1.25. The highest BCUT2D eigenvalue weighted by Crippen LogP contribution is 2.40. The Kier molecular flexibility index (Phi) is 5.11. The molecular weight excluding hydrogens is 318 g/mol. The lowest BCUT2D eigenvalue weighted by Crippen LogP contribution is -2.36. The van der Waals surface area contributed by atoms with E-state index in [1.165, 1.54) is 0 Å². The van der Waals surface area contributed by atoms with Gasteiger partial charge in [-0.2, -0.15) is 0 Å². The zero-order chi connectivity index (χ0) is 18.0. The minimum absolute atomic E-state index is 0.0288. The molecule has 25 heavy (non-hydrogen) atoms. The van der Waals surface area contributed by atoms with E-state index in [2.05, 4.69) is 5.32 Å². The first-order chi connectivity index (χ1) is 12.0. The van der Waals surface area contributed by atoms with Crippen LogP contribution in [0.2, 0.25) is 0 Å². The van der Waals surface area contributed by atoms with Gasteiger partial charge < -0.3 is 14.8 Å². The predicted molar refractivity (Wildman–Crippen MR) is 94.8 cm³/mol. The second-order valence-electron chi connectivity index (χ2n) is 6.78. The van der Waals surface area contributed by atoms with Crippen molar-refractivity contribution in [2.45, 2.75) is 58.5 Å². The maximum atomic E-state index is 12.5. The van der Waals surface area contributed by atoms with Crippen molar-refractivity contribution in [2.24, 2.45) is 0 Å². The van der Waals surface area contributed by atoms with Crippen molar-refractivity contribution in [3.05, 3.63) is 35.0 Å². The summed E-state index contributed by atoms with van der Waals surface area (Å²) in [5.41, 5.74) is 2.50. The molecule has 0 aromatic heterocycles. The molecule has 1 heterocycles. The Bertz CT molecular complexity index is 720. The van der Waals surface area contributed by atoms with Gasteiger partial charge in [0.05, 0.1) is 12.7 Å². The number of carbonyl (C=O) groups excluding carboxylic acids is 2. The van der Waals surface area contributed by atoms with E-state index in [4.69, 9.17) is 9.47 Å². The number of hydrogen-bond acceptors (Lipinski definition) is 4. The van der Waals surface area contributed by atoms with E-state index < -0.39 is 0 Å². The quantitative estimate of drug-likeness (QED) is 0.889. The van der Waals surface area contributed by atoms with Crippen molar-refractivity contribution < 1.29 is 19.1 Å². The summed E-state index contributed by atoms with van der Waals surface area (Å²) in [6, 6.07) is 5.73. The van der Waals surface area contributed by atoms with E-state index in [0.717, 1.165) is 29.7 Å². The van der Waals surface area contributed by atoms with Gasteiger partial charge in [0.1, 0.15) is 0 Å². The smallest absolute Gasteiger partial charge is 0.225 e. The van der Waals surface area contributed by atoms with Gasteiger partial charge in [0.15, 0.2) is 17.3 Å². The third-order valence-electron chi connectivity index (χ3n) is 4.52. The minimum atomic E-state index is -0.205. The lowest BCUT2D eigenvalue weighted by atomic mass is 9.78. The Labute approximate surface area is 148 Å². The normalized spacial score (nSPS) is 20.4. The molecule has 1 amide bonds. The maximum absolute atomic E-state index is 12.5. The van der Waals surface area contributed by atoms with Gasteiger partial charge in [0, 0.05) is 30.0 Å². The van der Waals surface area contributed by atoms with E-state index in [-0.39, 0.29) is 23.7 Å². The zero-order valence-corrected chi connectivity index (χ0v) is 15.1. The Balaban J connectivity index is 2.00. The second-order valence-corrected chi connectivity index (χ2v) is 6.78. The SMILES string of the molecule is CCOc1cc([C@@H]2CC(=O)NC3=C2C(=O)CCC3)ccc1OC(C)C. The number of carbonyl (C=O) groups is 2. The van der Waals surface area contributed by atoms with Crippen LogP contribution >= 0.6 is 0 Å². The van der Waals surface area contributed by atoms with Crippen LogP contribution < -0.4 is 14.8 Å². The number of allylic oxidation sites excluding steroid dienone is 2. The highest BCUT2D eigenvalue weighted by atomic mass is 16.5. The maximum Gasteiger partial charge on any atom is 0.225 e. The minimum Gasteiger partial charge on any atom is -0.490 e. The van der Waals surface area contributed by atoms with Crippen LogP contribution in [0.3, 0.4) is 0 Å². The number of Topliss-reactive ketones (excluding diaryl/α,β-unsaturated/α-hetero) is 1. The van der Waals surface area contributed by atoms with Crippen LogP contribution in [0.5, 0.6) is 11.5 Å². The van der Waals surface area contributed by atoms with Gasteiger partial charge in [-0.25, -0.2) is 0 Å². The van der Waals surface area contributed by atoms with Gasteiger partial charge in [0.2, 0.25) is 5.91 Å². The molecule has 134 valence electrons. The summed E-state index contributed by atoms with van der Waals surface area (Å²) in [5, 5.41) is 2.89. The summed E-state index contributed by atoms with van der Waals surface area (Å²) in [7, 11) is 0. The molecule has 0 spiro atoms. The Morgan fingerprint density at radius 1 is 1.20 bits per heavy atom. The van der Waals surface area contributed by atoms with Crippen molar-refractivity contribution in [3.8, 4) is 11.5 Å². The number of nitrogens with one attached hydrogen (secondary N) is 1. The number of rotatable bonds is 5. The van der Waals surface area contributed by atoms with E-state index in [9.17, 15) is 9.59 Å². The number of ketones is 1. The molecule has 1 aromatic rings. The molecule has 1 aromatic carbocycles. The van der Waals surface area contributed by atoms with E-state index in [0.29, 0.717) is 30.9 Å². The van der Waals surface area contributed by atoms with Gasteiger partial charge in [-0.15, -0.1) is 0 Å². The molecule has 0 fully saturated rings. The van der Waals surface area contributed by atoms with Gasteiger partial charge in [-0.05, 0) is 51.3 Å². The first-order valence-corrected chi connectivity index (χ1v) is 8.99. The van der Waals surface area contributed by atoms with Gasteiger partial charge in [0.25, 0.3) is 0 Å². The van der Waals surface area contributed by atoms with E-state index in [1.54, 1.807) is 0 Å². The van der Waals surface area contributed by atoms with Crippen LogP contribution in [0.4, 0.5) is 0 Å². The number of ether oxygens (including phenoxy) is 2. The van der Waals surface area contributed by atoms with Gasteiger partial charge in [-0.3, -0.25) is 9.59 Å². The number of hydrogen-bond donors (Lipinski definition) is 1. The highest BCUT2D eigenvalue weighted by molar-refractivity contribution is 6.01. The first kappa shape index (κ1) is 17.5. The molecule has 0 bridgehead atoms. The van der Waals surface area contributed by atoms with Crippen molar-refractivity contribution in [3.63, 3.8) is 0 Å². The standard InChI is InChI=1S/C20H25NO4/c1-4-24-18-10-13(8-9-17(18)25-12(2)3)14-11-19(23)21-15-6-5-7-16(22)20(14)15/h8-10,12,14H,4-7,11H2,1-3H3,(H,21,23)/t14-/m0/s1. The summed E-state index contributed by atoms with van der Waals surface area (Å²) < 4.78 is 11.5. The fourth-order valence-corrected chi connectivity index (χ4v) is 3.55. The molecule has 1 N–H and O–H groups in total. The molecule has 2 aliphatic rings. The topological polar surface area (TPSA) is 64.6 Å². The van der Waals surface area contributed by atoms with Gasteiger partial charge in [-0.1, -0.05) is 6.07 Å². The molecule has 5 nitrogen and oxygen atoms in total. The van der Waals surface area contributed by atoms with Gasteiger partial charge >= 0.3 is 0 Å². The van der Waals surface area contributed by atoms with E-state index in [1.807, 2.05) is 39.0 Å². The predicted octanol–water partition coefficient (Wildman–Crippen LogP) is 3.48. The molecule has 5 heteroatoms. The monoisotopic (exact) mass is 343 g/mol. The number of amides is 1. The lowest BCUT2D eigenvalue weighted by molar-refractivity contribution is -0.122. The van der Waals surface area contributed by atoms with Crippen molar-refractivity contribution in [2.75, 3.05) is 6.61 Å². The third-order valence-corrected chi connectivity index (χ3v) is 4.52. The Morgan fingerprint density at radius 3 is 2.72 bits per heavy atom. The highest BCUT2D eigenvalue weighted by Gasteiger charge is 2.35. The third kappa shape index (κ3) is 3.70. The van der Waals surface area contributed by atoms with Crippen molar-refractivity contribution in [1.82, 2.24) is 5.32 Å². The molecular formula is C20H25NO4. The largest absolute Gasteiger partial charge is 0.490 e. The molecule has 0 saturated carbocycles. The van der Waals surface area contributed by atoms with Crippen LogP contribution in [-0.4, -0.2) is 24.4 Å². The summed E-state index contributed by atoms with van der Waals surface area (Å²) in [6.07, 6.45) is 2.45. The molecule has 0 saturated heterocycles. The van der Waals surface area contributed by atoms with Crippen LogP contribution in [0.15, 0.2) is 29.5 Å². The lowest BCUT2D eigenvalue weighted by Gasteiger charge is -2.31. The summed E-state index contributed by atoms with van der Waals surface area (Å²) >= 11 is 0. The molecule has 0 unspecified atom stereocenters. The zero-order valence-electron chi connectivity index (χ0n) is 15.1. The summed E-state index contributed by atoms with van der Waals surface area (Å²) in [4.78, 5) is 24.6. The number of benzene rings is 1. The summed E-state index contributed by atoms with van der Waals surface area (Å²) in [6.45, 7) is 6.38. The Hall–Kier alpha value is -2.30. The average Bonchev–Trinajstić information content (AvgIpc) is 2.55. The van der Waals surface area contributed by atoms with Crippen LogP contribution in [0, 0.1) is 0 Å². The molecule has 1 aliphatic heterocycles. The molecule has 1 aliphatic carbocycles. The Morgan fingerprint density at radius 2 is 2.00 bits per heavy atom. The molecule has 0 radical (unpaired) electrons. The fourth-order valence-electron chi connectivity index (χ4n) is 3.55. The first-order valence-electron chi connectivity index (χ1n) is 8.99. The van der Waals surface area contributed by atoms with Crippen LogP contribution in [0.25, 0.3) is 0 Å². The molecule has 1 atom stereocenters. The van der Waals surface area contributed by atoms with Crippen LogP contribution in [0.1, 0.15) is 57.9 Å². The average molecular weight is 343 g/mol.